The topological polar surface area (TPSA) is 72.2 Å². The molecule has 2 atom stereocenters. The SMILES string of the molecule is NCC1CCCCC1NS(=O)(=O)c1cc(Br)sc1Br. The number of rotatable bonds is 4. The fourth-order valence-electron chi connectivity index (χ4n) is 2.42. The first-order valence-corrected chi connectivity index (χ1v) is 10.00. The van der Waals surface area contributed by atoms with Crippen LogP contribution in [0.5, 0.6) is 0 Å². The highest BCUT2D eigenvalue weighted by atomic mass is 79.9. The third-order valence-electron chi connectivity index (χ3n) is 3.43. The maximum absolute atomic E-state index is 12.4. The van der Waals surface area contributed by atoms with Crippen molar-refractivity contribution in [2.24, 2.45) is 11.7 Å². The average Bonchev–Trinajstić information content (AvgIpc) is 2.69. The van der Waals surface area contributed by atoms with Gasteiger partial charge in [0.1, 0.15) is 4.90 Å². The Bertz CT molecular complexity index is 545. The van der Waals surface area contributed by atoms with Crippen LogP contribution in [0.2, 0.25) is 0 Å². The lowest BCUT2D eigenvalue weighted by molar-refractivity contribution is 0.296. The number of hydrogen-bond acceptors (Lipinski definition) is 4. The molecular formula is C11H16Br2N2O2S2. The molecular weight excluding hydrogens is 416 g/mol. The highest BCUT2D eigenvalue weighted by Crippen LogP contribution is 2.35. The molecule has 0 saturated heterocycles. The van der Waals surface area contributed by atoms with Crippen LogP contribution in [0.3, 0.4) is 0 Å². The van der Waals surface area contributed by atoms with Gasteiger partial charge >= 0.3 is 0 Å². The first kappa shape index (κ1) is 15.9. The van der Waals surface area contributed by atoms with Gasteiger partial charge in [-0.1, -0.05) is 12.8 Å². The molecule has 1 aromatic heterocycles. The number of hydrogen-bond donors (Lipinski definition) is 2. The van der Waals surface area contributed by atoms with E-state index >= 15 is 0 Å². The molecule has 1 aliphatic rings. The Balaban J connectivity index is 2.19. The first-order valence-electron chi connectivity index (χ1n) is 6.11. The molecule has 4 nitrogen and oxygen atoms in total. The molecule has 0 spiro atoms. The number of sulfonamides is 1. The van der Waals surface area contributed by atoms with Crippen molar-refractivity contribution in [3.05, 3.63) is 13.6 Å². The molecule has 1 heterocycles. The van der Waals surface area contributed by atoms with Crippen molar-refractivity contribution in [1.29, 1.82) is 0 Å². The Kier molecular flexibility index (Phi) is 5.47. The van der Waals surface area contributed by atoms with Crippen LogP contribution >= 0.6 is 43.2 Å². The smallest absolute Gasteiger partial charge is 0.242 e. The van der Waals surface area contributed by atoms with Gasteiger partial charge in [-0.25, -0.2) is 13.1 Å². The zero-order valence-electron chi connectivity index (χ0n) is 10.2. The van der Waals surface area contributed by atoms with E-state index in [2.05, 4.69) is 36.6 Å². The molecule has 1 saturated carbocycles. The van der Waals surface area contributed by atoms with E-state index in [0.717, 1.165) is 29.5 Å². The van der Waals surface area contributed by atoms with Crippen LogP contribution in [0.1, 0.15) is 25.7 Å². The number of thiophene rings is 1. The predicted octanol–water partition coefficient (Wildman–Crippen LogP) is 3.07. The molecule has 8 heteroatoms. The van der Waals surface area contributed by atoms with Crippen LogP contribution in [-0.2, 0) is 10.0 Å². The van der Waals surface area contributed by atoms with E-state index < -0.39 is 10.0 Å². The Morgan fingerprint density at radius 2 is 2.05 bits per heavy atom. The lowest BCUT2D eigenvalue weighted by atomic mass is 9.85. The van der Waals surface area contributed by atoms with Gasteiger partial charge in [0.25, 0.3) is 0 Å². The minimum Gasteiger partial charge on any atom is -0.330 e. The van der Waals surface area contributed by atoms with E-state index in [1.54, 1.807) is 6.07 Å². The van der Waals surface area contributed by atoms with Crippen LogP contribution in [0.4, 0.5) is 0 Å². The standard InChI is InChI=1S/C11H16Br2N2O2S2/c12-10-5-9(11(13)18-10)19(16,17)15-8-4-2-1-3-7(8)6-14/h5,7-8,15H,1-4,6,14H2. The van der Waals surface area contributed by atoms with E-state index in [1.165, 1.54) is 11.3 Å². The minimum absolute atomic E-state index is 0.0469. The van der Waals surface area contributed by atoms with Gasteiger partial charge in [-0.05, 0) is 63.2 Å². The molecule has 1 aromatic rings. The average molecular weight is 432 g/mol. The summed E-state index contributed by atoms with van der Waals surface area (Å²) in [6, 6.07) is 1.58. The summed E-state index contributed by atoms with van der Waals surface area (Å²) in [5.41, 5.74) is 5.74. The molecule has 108 valence electrons. The molecule has 0 radical (unpaired) electrons. The fourth-order valence-corrected chi connectivity index (χ4v) is 7.57. The van der Waals surface area contributed by atoms with E-state index in [9.17, 15) is 8.42 Å². The Labute approximate surface area is 134 Å². The largest absolute Gasteiger partial charge is 0.330 e. The van der Waals surface area contributed by atoms with E-state index in [-0.39, 0.29) is 12.0 Å². The van der Waals surface area contributed by atoms with Crippen molar-refractivity contribution in [2.75, 3.05) is 6.54 Å². The Hall–Kier alpha value is 0.530. The second-order valence-corrected chi connectivity index (χ2v) is 10.1. The quantitative estimate of drug-likeness (QED) is 0.769. The second kappa shape index (κ2) is 6.53. The van der Waals surface area contributed by atoms with Gasteiger partial charge in [0.15, 0.2) is 0 Å². The first-order chi connectivity index (χ1) is 8.94. The van der Waals surface area contributed by atoms with Crippen molar-refractivity contribution in [2.45, 2.75) is 36.6 Å². The summed E-state index contributed by atoms with van der Waals surface area (Å²) in [6.07, 6.45) is 4.05. The predicted molar refractivity (Wildman–Crippen MR) is 84.8 cm³/mol. The lowest BCUT2D eigenvalue weighted by Gasteiger charge is -2.30. The molecule has 1 aliphatic carbocycles. The molecule has 3 N–H and O–H groups in total. The van der Waals surface area contributed by atoms with Gasteiger partial charge in [0.05, 0.1) is 7.57 Å². The molecule has 2 rings (SSSR count). The third-order valence-corrected chi connectivity index (χ3v) is 7.68. The van der Waals surface area contributed by atoms with Crippen molar-refractivity contribution in [1.82, 2.24) is 4.72 Å². The van der Waals surface area contributed by atoms with Gasteiger partial charge in [-0.2, -0.15) is 0 Å². The molecule has 0 aliphatic heterocycles. The van der Waals surface area contributed by atoms with E-state index in [4.69, 9.17) is 5.73 Å². The number of nitrogens with one attached hydrogen (secondary N) is 1. The molecule has 19 heavy (non-hydrogen) atoms. The van der Waals surface area contributed by atoms with Crippen LogP contribution in [-0.4, -0.2) is 21.0 Å². The number of nitrogens with two attached hydrogens (primary N) is 1. The maximum atomic E-state index is 12.4. The van der Waals surface area contributed by atoms with Crippen LogP contribution < -0.4 is 10.5 Å². The molecule has 2 unspecified atom stereocenters. The molecule has 0 aromatic carbocycles. The van der Waals surface area contributed by atoms with Gasteiger partial charge in [-0.15, -0.1) is 11.3 Å². The summed E-state index contributed by atoms with van der Waals surface area (Å²) in [6.45, 7) is 0.529. The summed E-state index contributed by atoms with van der Waals surface area (Å²) in [5, 5.41) is 0. The van der Waals surface area contributed by atoms with Crippen molar-refractivity contribution < 1.29 is 8.42 Å². The minimum atomic E-state index is -3.48. The summed E-state index contributed by atoms with van der Waals surface area (Å²) < 4.78 is 29.0. The van der Waals surface area contributed by atoms with Crippen molar-refractivity contribution >= 4 is 53.2 Å². The normalized spacial score (nSPS) is 24.6. The highest BCUT2D eigenvalue weighted by Gasteiger charge is 2.30. The summed E-state index contributed by atoms with van der Waals surface area (Å²) in [5.74, 6) is 0.240. The molecule has 1 fully saturated rings. The monoisotopic (exact) mass is 430 g/mol. The summed E-state index contributed by atoms with van der Waals surface area (Å²) in [4.78, 5) is 0.297. The van der Waals surface area contributed by atoms with Crippen LogP contribution in [0.25, 0.3) is 0 Å². The zero-order valence-corrected chi connectivity index (χ0v) is 15.0. The summed E-state index contributed by atoms with van der Waals surface area (Å²) in [7, 11) is -3.48. The second-order valence-electron chi connectivity index (χ2n) is 4.70. The Morgan fingerprint density at radius 3 is 2.63 bits per heavy atom. The van der Waals surface area contributed by atoms with Gasteiger partial charge in [0.2, 0.25) is 10.0 Å². The zero-order chi connectivity index (χ0) is 14.0. The van der Waals surface area contributed by atoms with Gasteiger partial charge < -0.3 is 5.73 Å². The van der Waals surface area contributed by atoms with Crippen LogP contribution in [0.15, 0.2) is 18.5 Å². The third kappa shape index (κ3) is 3.79. The van der Waals surface area contributed by atoms with E-state index in [1.807, 2.05) is 0 Å². The molecule has 0 amide bonds. The molecule has 0 bridgehead atoms. The van der Waals surface area contributed by atoms with Crippen molar-refractivity contribution in [3.8, 4) is 0 Å². The Morgan fingerprint density at radius 1 is 1.37 bits per heavy atom. The van der Waals surface area contributed by atoms with Crippen molar-refractivity contribution in [3.63, 3.8) is 0 Å². The van der Waals surface area contributed by atoms with E-state index in [0.29, 0.717) is 15.2 Å². The maximum Gasteiger partial charge on any atom is 0.242 e. The lowest BCUT2D eigenvalue weighted by Crippen LogP contribution is -2.44. The number of halogens is 2. The van der Waals surface area contributed by atoms with Gasteiger partial charge in [-0.3, -0.25) is 0 Å². The fraction of sp³-hybridized carbons (Fsp3) is 0.636. The van der Waals surface area contributed by atoms with Crippen LogP contribution in [0, 0.1) is 5.92 Å². The highest BCUT2D eigenvalue weighted by molar-refractivity contribution is 9.12. The summed E-state index contributed by atoms with van der Waals surface area (Å²) >= 11 is 7.95. The van der Waals surface area contributed by atoms with Gasteiger partial charge in [0, 0.05) is 6.04 Å².